The highest BCUT2D eigenvalue weighted by Gasteiger charge is 2.37. The van der Waals surface area contributed by atoms with Gasteiger partial charge in [0.2, 0.25) is 10.0 Å². The van der Waals surface area contributed by atoms with E-state index in [1.807, 2.05) is 0 Å². The van der Waals surface area contributed by atoms with Gasteiger partial charge in [-0.05, 0) is 40.0 Å². The Hall–Kier alpha value is -0.310. The molecule has 0 spiro atoms. The molecule has 3 nitrogen and oxygen atoms in total. The van der Waals surface area contributed by atoms with Crippen LogP contribution in [0.3, 0.4) is 0 Å². The second-order valence-corrected chi connectivity index (χ2v) is 7.37. The maximum Gasteiger partial charge on any atom is 0.402 e. The number of aryl methyl sites for hydroxylation is 1. The van der Waals surface area contributed by atoms with E-state index in [2.05, 4.69) is 15.9 Å². The van der Waals surface area contributed by atoms with E-state index in [1.165, 1.54) is 13.0 Å². The van der Waals surface area contributed by atoms with Crippen LogP contribution in [0.1, 0.15) is 18.1 Å². The summed E-state index contributed by atoms with van der Waals surface area (Å²) in [5.41, 5.74) is 1.12. The molecule has 0 bridgehead atoms. The van der Waals surface area contributed by atoms with Crippen LogP contribution in [-0.4, -0.2) is 32.0 Å². The summed E-state index contributed by atoms with van der Waals surface area (Å²) in [7, 11) is -4.26. The highest BCUT2D eigenvalue weighted by atomic mass is 79.9. The van der Waals surface area contributed by atoms with Crippen molar-refractivity contribution in [3.05, 3.63) is 27.7 Å². The molecule has 120 valence electrons. The average molecular weight is 409 g/mol. The Bertz CT molecular complexity index is 620. The van der Waals surface area contributed by atoms with Gasteiger partial charge in [-0.3, -0.25) is 0 Å². The zero-order valence-electron chi connectivity index (χ0n) is 11.3. The van der Waals surface area contributed by atoms with Crippen LogP contribution in [0.4, 0.5) is 13.2 Å². The Kier molecular flexibility index (Phi) is 6.11. The molecule has 0 atom stereocenters. The SMILES string of the molecule is CCN(CC(F)(F)F)S(=O)(=O)c1cc(CCl)cc(C)c1Br. The molecule has 0 saturated heterocycles. The average Bonchev–Trinajstić information content (AvgIpc) is 2.37. The van der Waals surface area contributed by atoms with Crippen LogP contribution in [0.5, 0.6) is 0 Å². The highest BCUT2D eigenvalue weighted by Crippen LogP contribution is 2.31. The Morgan fingerprint density at radius 3 is 2.33 bits per heavy atom. The van der Waals surface area contributed by atoms with Gasteiger partial charge in [0.05, 0.1) is 4.90 Å². The van der Waals surface area contributed by atoms with Crippen LogP contribution in [0.25, 0.3) is 0 Å². The van der Waals surface area contributed by atoms with E-state index in [-0.39, 0.29) is 21.8 Å². The first-order valence-corrected chi connectivity index (χ1v) is 8.71. The number of benzene rings is 1. The third-order valence-electron chi connectivity index (χ3n) is 2.76. The third kappa shape index (κ3) is 4.58. The summed E-state index contributed by atoms with van der Waals surface area (Å²) in [4.78, 5) is -0.204. The molecule has 1 aromatic rings. The maximum atomic E-state index is 12.5. The second kappa shape index (κ2) is 6.85. The molecule has 0 amide bonds. The van der Waals surface area contributed by atoms with Crippen LogP contribution in [0, 0.1) is 6.92 Å². The minimum absolute atomic E-state index is 0.0715. The molecular formula is C12H14BrClF3NO2S. The fraction of sp³-hybridized carbons (Fsp3) is 0.500. The lowest BCUT2D eigenvalue weighted by Crippen LogP contribution is -2.39. The standard InChI is InChI=1S/C12H14BrClF3NO2S/c1-3-18(7-12(15,16)17)21(19,20)10-5-9(6-14)4-8(2)11(10)13/h4-5H,3,6-7H2,1-2H3. The monoisotopic (exact) mass is 407 g/mol. The van der Waals surface area contributed by atoms with Crippen LogP contribution >= 0.6 is 27.5 Å². The first kappa shape index (κ1) is 18.7. The number of halogens is 5. The predicted octanol–water partition coefficient (Wildman–Crippen LogP) is 4.07. The molecule has 0 saturated carbocycles. The molecule has 0 unspecified atom stereocenters. The summed E-state index contributed by atoms with van der Waals surface area (Å²) >= 11 is 8.82. The van der Waals surface area contributed by atoms with E-state index in [0.717, 1.165) is 0 Å². The number of alkyl halides is 4. The summed E-state index contributed by atoms with van der Waals surface area (Å²) in [6.45, 7) is 1.20. The summed E-state index contributed by atoms with van der Waals surface area (Å²) in [5.74, 6) is 0.0715. The van der Waals surface area contributed by atoms with Gasteiger partial charge < -0.3 is 0 Å². The molecule has 0 heterocycles. The lowest BCUT2D eigenvalue weighted by molar-refractivity contribution is -0.135. The van der Waals surface area contributed by atoms with Gasteiger partial charge in [0.25, 0.3) is 0 Å². The number of nitrogens with zero attached hydrogens (tertiary/aromatic N) is 1. The van der Waals surface area contributed by atoms with Crippen LogP contribution in [-0.2, 0) is 15.9 Å². The van der Waals surface area contributed by atoms with Gasteiger partial charge in [0.1, 0.15) is 6.54 Å². The molecule has 0 fully saturated rings. The number of sulfonamides is 1. The fourth-order valence-electron chi connectivity index (χ4n) is 1.78. The van der Waals surface area contributed by atoms with E-state index >= 15 is 0 Å². The van der Waals surface area contributed by atoms with Crippen molar-refractivity contribution in [1.82, 2.24) is 4.31 Å². The van der Waals surface area contributed by atoms with Crippen molar-refractivity contribution in [2.75, 3.05) is 13.1 Å². The molecule has 0 aliphatic heterocycles. The lowest BCUT2D eigenvalue weighted by atomic mass is 10.2. The van der Waals surface area contributed by atoms with Crippen molar-refractivity contribution < 1.29 is 21.6 Å². The van der Waals surface area contributed by atoms with Crippen LogP contribution in [0.15, 0.2) is 21.5 Å². The second-order valence-electron chi connectivity index (χ2n) is 4.40. The first-order chi connectivity index (χ1) is 9.52. The Morgan fingerprint density at radius 1 is 1.33 bits per heavy atom. The van der Waals surface area contributed by atoms with E-state index in [4.69, 9.17) is 11.6 Å². The summed E-state index contributed by atoms with van der Waals surface area (Å²) in [6, 6.07) is 2.97. The van der Waals surface area contributed by atoms with Gasteiger partial charge in [-0.2, -0.15) is 17.5 Å². The highest BCUT2D eigenvalue weighted by molar-refractivity contribution is 9.10. The third-order valence-corrected chi connectivity index (χ3v) is 6.33. The Morgan fingerprint density at radius 2 is 1.90 bits per heavy atom. The maximum absolute atomic E-state index is 12.5. The number of hydrogen-bond acceptors (Lipinski definition) is 2. The first-order valence-electron chi connectivity index (χ1n) is 5.94. The topological polar surface area (TPSA) is 37.4 Å². The molecular weight excluding hydrogens is 395 g/mol. The zero-order chi connectivity index (χ0) is 16.4. The van der Waals surface area contributed by atoms with E-state index < -0.39 is 22.7 Å². The molecule has 0 aromatic heterocycles. The number of rotatable bonds is 5. The van der Waals surface area contributed by atoms with Gasteiger partial charge in [0, 0.05) is 16.9 Å². The van der Waals surface area contributed by atoms with Gasteiger partial charge in [0.15, 0.2) is 0 Å². The van der Waals surface area contributed by atoms with E-state index in [9.17, 15) is 21.6 Å². The molecule has 1 aromatic carbocycles. The molecule has 0 aliphatic rings. The smallest absolute Gasteiger partial charge is 0.207 e. The van der Waals surface area contributed by atoms with Crippen molar-refractivity contribution in [3.8, 4) is 0 Å². The molecule has 21 heavy (non-hydrogen) atoms. The summed E-state index contributed by atoms with van der Waals surface area (Å²) < 4.78 is 63.1. The molecule has 0 aliphatic carbocycles. The van der Waals surface area contributed by atoms with Crippen molar-refractivity contribution in [2.24, 2.45) is 0 Å². The van der Waals surface area contributed by atoms with E-state index in [1.54, 1.807) is 13.0 Å². The van der Waals surface area contributed by atoms with Crippen molar-refractivity contribution >= 4 is 37.6 Å². The van der Waals surface area contributed by atoms with Gasteiger partial charge >= 0.3 is 6.18 Å². The summed E-state index contributed by atoms with van der Waals surface area (Å²) in [6.07, 6.45) is -4.60. The van der Waals surface area contributed by atoms with Gasteiger partial charge in [-0.25, -0.2) is 8.42 Å². The lowest BCUT2D eigenvalue weighted by Gasteiger charge is -2.23. The van der Waals surface area contributed by atoms with E-state index in [0.29, 0.717) is 15.4 Å². The molecule has 0 radical (unpaired) electrons. The summed E-state index contributed by atoms with van der Waals surface area (Å²) in [5, 5.41) is 0. The molecule has 9 heteroatoms. The van der Waals surface area contributed by atoms with Crippen molar-refractivity contribution in [1.29, 1.82) is 0 Å². The molecule has 1 rings (SSSR count). The predicted molar refractivity (Wildman–Crippen MR) is 78.9 cm³/mol. The zero-order valence-corrected chi connectivity index (χ0v) is 14.5. The Balaban J connectivity index is 3.38. The van der Waals surface area contributed by atoms with Crippen LogP contribution in [0.2, 0.25) is 0 Å². The Labute approximate surface area is 135 Å². The van der Waals surface area contributed by atoms with Crippen LogP contribution < -0.4 is 0 Å². The molecule has 0 N–H and O–H groups in total. The quantitative estimate of drug-likeness (QED) is 0.689. The minimum Gasteiger partial charge on any atom is -0.207 e. The normalized spacial score (nSPS) is 13.0. The number of hydrogen-bond donors (Lipinski definition) is 0. The minimum atomic E-state index is -4.60. The van der Waals surface area contributed by atoms with Crippen molar-refractivity contribution in [2.45, 2.75) is 30.8 Å². The fourth-order valence-corrected chi connectivity index (χ4v) is 4.40. The van der Waals surface area contributed by atoms with Gasteiger partial charge in [-0.1, -0.05) is 13.0 Å². The van der Waals surface area contributed by atoms with Gasteiger partial charge in [-0.15, -0.1) is 11.6 Å². The van der Waals surface area contributed by atoms with Crippen molar-refractivity contribution in [3.63, 3.8) is 0 Å². The largest absolute Gasteiger partial charge is 0.402 e.